The highest BCUT2D eigenvalue weighted by atomic mass is 35.5. The summed E-state index contributed by atoms with van der Waals surface area (Å²) in [4.78, 5) is 41.3. The number of carbonyl (C=O) groups is 3. The Morgan fingerprint density at radius 3 is 2.42 bits per heavy atom. The van der Waals surface area contributed by atoms with Crippen molar-refractivity contribution in [2.24, 2.45) is 23.7 Å². The zero-order valence-corrected chi connectivity index (χ0v) is 19.3. The maximum absolute atomic E-state index is 13.5. The van der Waals surface area contributed by atoms with Gasteiger partial charge in [-0.05, 0) is 54.2 Å². The summed E-state index contributed by atoms with van der Waals surface area (Å²) in [6.45, 7) is 0. The molecule has 1 heterocycles. The lowest BCUT2D eigenvalue weighted by Crippen LogP contribution is -2.38. The lowest BCUT2D eigenvalue weighted by molar-refractivity contribution is -0.144. The van der Waals surface area contributed by atoms with E-state index >= 15 is 0 Å². The van der Waals surface area contributed by atoms with Gasteiger partial charge in [-0.25, -0.2) is 0 Å². The molecule has 1 saturated heterocycles. The molecule has 5 unspecified atom stereocenters. The van der Waals surface area contributed by atoms with Gasteiger partial charge in [0.1, 0.15) is 5.75 Å². The maximum Gasteiger partial charge on any atom is 0.234 e. The van der Waals surface area contributed by atoms with Crippen molar-refractivity contribution in [1.29, 1.82) is 0 Å². The van der Waals surface area contributed by atoms with Crippen molar-refractivity contribution >= 4 is 46.6 Å². The molecule has 5 atom stereocenters. The fourth-order valence-electron chi connectivity index (χ4n) is 5.41. The summed E-state index contributed by atoms with van der Waals surface area (Å²) >= 11 is 12.1. The van der Waals surface area contributed by atoms with Crippen LogP contribution in [-0.4, -0.2) is 29.7 Å². The minimum Gasteiger partial charge on any atom is -0.497 e. The normalized spacial score (nSPS) is 26.0. The quantitative estimate of drug-likeness (QED) is 0.468. The second kappa shape index (κ2) is 8.50. The molecular weight excluding hydrogens is 463 g/mol. The summed E-state index contributed by atoms with van der Waals surface area (Å²) in [5.41, 5.74) is 1.07. The van der Waals surface area contributed by atoms with Crippen molar-refractivity contribution in [1.82, 2.24) is 4.90 Å². The predicted molar refractivity (Wildman–Crippen MR) is 125 cm³/mol. The number of fused-ring (bicyclic) bond motifs is 5. The van der Waals surface area contributed by atoms with Gasteiger partial charge in [0.25, 0.3) is 0 Å². The number of anilines is 1. The van der Waals surface area contributed by atoms with Gasteiger partial charge in [0, 0.05) is 5.02 Å². The first-order valence-corrected chi connectivity index (χ1v) is 11.6. The molecule has 6 nitrogen and oxygen atoms in total. The van der Waals surface area contributed by atoms with Gasteiger partial charge in [0.15, 0.2) is 0 Å². The highest BCUT2D eigenvalue weighted by molar-refractivity contribution is 6.36. The molecular formula is C25H22Cl2N2O4. The van der Waals surface area contributed by atoms with Crippen LogP contribution in [-0.2, 0) is 14.4 Å². The van der Waals surface area contributed by atoms with Crippen LogP contribution in [0.15, 0.2) is 54.6 Å². The maximum atomic E-state index is 13.5. The van der Waals surface area contributed by atoms with Crippen LogP contribution in [0.1, 0.15) is 24.4 Å². The van der Waals surface area contributed by atoms with Crippen molar-refractivity contribution in [3.63, 3.8) is 0 Å². The third kappa shape index (κ3) is 3.81. The number of benzene rings is 2. The SMILES string of the molecule is COc1cccc(C(CC(=O)Nc2ccc(Cl)cc2Cl)N2C(=O)C3C4C=CC(C4)C3C2=O)c1. The van der Waals surface area contributed by atoms with E-state index in [1.165, 1.54) is 11.0 Å². The summed E-state index contributed by atoms with van der Waals surface area (Å²) < 4.78 is 5.34. The Morgan fingerprint density at radius 2 is 1.79 bits per heavy atom. The van der Waals surface area contributed by atoms with Crippen molar-refractivity contribution in [3.05, 3.63) is 70.2 Å². The van der Waals surface area contributed by atoms with Gasteiger partial charge in [0.05, 0.1) is 42.1 Å². The average molecular weight is 485 g/mol. The monoisotopic (exact) mass is 484 g/mol. The molecule has 8 heteroatoms. The number of methoxy groups -OCH3 is 1. The Hall–Kier alpha value is -2.83. The summed E-state index contributed by atoms with van der Waals surface area (Å²) in [7, 11) is 1.54. The van der Waals surface area contributed by atoms with Crippen LogP contribution in [0.4, 0.5) is 5.69 Å². The molecule has 2 aromatic rings. The summed E-state index contributed by atoms with van der Waals surface area (Å²) in [5, 5.41) is 3.54. The Morgan fingerprint density at radius 1 is 1.09 bits per heavy atom. The molecule has 3 amide bonds. The highest BCUT2D eigenvalue weighted by Gasteiger charge is 2.60. The van der Waals surface area contributed by atoms with E-state index < -0.39 is 6.04 Å². The highest BCUT2D eigenvalue weighted by Crippen LogP contribution is 2.54. The number of hydrogen-bond donors (Lipinski definition) is 1. The van der Waals surface area contributed by atoms with Crippen molar-refractivity contribution in [2.45, 2.75) is 18.9 Å². The van der Waals surface area contributed by atoms with E-state index in [-0.39, 0.29) is 47.8 Å². The molecule has 2 bridgehead atoms. The lowest BCUT2D eigenvalue weighted by Gasteiger charge is -2.28. The van der Waals surface area contributed by atoms with Crippen molar-refractivity contribution < 1.29 is 19.1 Å². The van der Waals surface area contributed by atoms with Gasteiger partial charge < -0.3 is 10.1 Å². The number of carbonyl (C=O) groups excluding carboxylic acids is 3. The zero-order chi connectivity index (χ0) is 23.3. The summed E-state index contributed by atoms with van der Waals surface area (Å²) in [5.74, 6) is -0.684. The first-order valence-electron chi connectivity index (χ1n) is 10.8. The number of allylic oxidation sites excluding steroid dienone is 2. The predicted octanol–water partition coefficient (Wildman–Crippen LogP) is 4.88. The van der Waals surface area contributed by atoms with Crippen LogP contribution in [0.2, 0.25) is 10.0 Å². The second-order valence-electron chi connectivity index (χ2n) is 8.72. The third-order valence-corrected chi connectivity index (χ3v) is 7.43. The van der Waals surface area contributed by atoms with Gasteiger partial charge in [-0.1, -0.05) is 47.5 Å². The van der Waals surface area contributed by atoms with Crippen LogP contribution in [0, 0.1) is 23.7 Å². The standard InChI is InChI=1S/C25H22Cl2N2O4/c1-33-17-4-2-3-13(10-17)20(12-21(30)28-19-8-7-16(26)11-18(19)27)29-24(31)22-14-5-6-15(9-14)23(22)25(29)32/h2-8,10-11,14-15,20,22-23H,9,12H2,1H3,(H,28,30). The summed E-state index contributed by atoms with van der Waals surface area (Å²) in [6, 6.07) is 11.1. The minimum absolute atomic E-state index is 0.0918. The Kier molecular flexibility index (Phi) is 5.67. The Labute approximate surface area is 201 Å². The number of likely N-dealkylation sites (tertiary alicyclic amines) is 1. The molecule has 0 spiro atoms. The second-order valence-corrected chi connectivity index (χ2v) is 9.56. The van der Waals surface area contributed by atoms with Gasteiger partial charge in [-0.15, -0.1) is 0 Å². The van der Waals surface area contributed by atoms with E-state index in [1.807, 2.05) is 0 Å². The first-order chi connectivity index (χ1) is 15.9. The van der Waals surface area contributed by atoms with E-state index in [0.29, 0.717) is 27.0 Å². The molecule has 33 heavy (non-hydrogen) atoms. The minimum atomic E-state index is -0.754. The van der Waals surface area contributed by atoms with Crippen molar-refractivity contribution in [2.75, 3.05) is 12.4 Å². The number of hydrogen-bond acceptors (Lipinski definition) is 4. The van der Waals surface area contributed by atoms with E-state index in [0.717, 1.165) is 6.42 Å². The molecule has 2 aromatic carbocycles. The number of nitrogens with one attached hydrogen (secondary N) is 1. The molecule has 1 saturated carbocycles. The molecule has 5 rings (SSSR count). The number of imide groups is 1. The lowest BCUT2D eigenvalue weighted by atomic mass is 9.85. The van der Waals surface area contributed by atoms with Crippen LogP contribution < -0.4 is 10.1 Å². The van der Waals surface area contributed by atoms with E-state index in [4.69, 9.17) is 27.9 Å². The van der Waals surface area contributed by atoms with E-state index in [2.05, 4.69) is 17.5 Å². The zero-order valence-electron chi connectivity index (χ0n) is 17.8. The fourth-order valence-corrected chi connectivity index (χ4v) is 5.86. The van der Waals surface area contributed by atoms with Gasteiger partial charge >= 0.3 is 0 Å². The van der Waals surface area contributed by atoms with Gasteiger partial charge in [-0.2, -0.15) is 0 Å². The van der Waals surface area contributed by atoms with Gasteiger partial charge in [0.2, 0.25) is 17.7 Å². The molecule has 3 aliphatic rings. The Balaban J connectivity index is 1.46. The fraction of sp³-hybridized carbons (Fsp3) is 0.320. The number of halogens is 2. The number of ether oxygens (including phenoxy) is 1. The number of rotatable bonds is 6. The topological polar surface area (TPSA) is 75.7 Å². The first kappa shape index (κ1) is 22.0. The van der Waals surface area contributed by atoms with Crippen molar-refractivity contribution in [3.8, 4) is 5.75 Å². The molecule has 2 fully saturated rings. The van der Waals surface area contributed by atoms with Crippen LogP contribution in [0.25, 0.3) is 0 Å². The van der Waals surface area contributed by atoms with Crippen LogP contribution in [0.3, 0.4) is 0 Å². The Bertz CT molecular complexity index is 1150. The largest absolute Gasteiger partial charge is 0.497 e. The van der Waals surface area contributed by atoms with E-state index in [1.54, 1.807) is 43.5 Å². The van der Waals surface area contributed by atoms with Gasteiger partial charge in [-0.3, -0.25) is 19.3 Å². The average Bonchev–Trinajstić information content (AvgIpc) is 3.48. The number of nitrogens with zero attached hydrogens (tertiary/aromatic N) is 1. The molecule has 1 aliphatic heterocycles. The summed E-state index contributed by atoms with van der Waals surface area (Å²) in [6.07, 6.45) is 4.85. The number of amides is 3. The smallest absolute Gasteiger partial charge is 0.234 e. The van der Waals surface area contributed by atoms with E-state index in [9.17, 15) is 14.4 Å². The molecule has 0 radical (unpaired) electrons. The molecule has 1 N–H and O–H groups in total. The van der Waals surface area contributed by atoms with Crippen LogP contribution in [0.5, 0.6) is 5.75 Å². The molecule has 0 aromatic heterocycles. The van der Waals surface area contributed by atoms with Crippen LogP contribution >= 0.6 is 23.2 Å². The molecule has 170 valence electrons. The molecule has 2 aliphatic carbocycles. The third-order valence-electron chi connectivity index (χ3n) is 6.88.